The van der Waals surface area contributed by atoms with Crippen LogP contribution >= 0.6 is 43.2 Å². The molecular formula is C14H7Br2NO3S. The number of carbonyl (C=O) groups excluding carboxylic acids is 3. The van der Waals surface area contributed by atoms with E-state index in [4.69, 9.17) is 0 Å². The van der Waals surface area contributed by atoms with Gasteiger partial charge < -0.3 is 0 Å². The molecule has 21 heavy (non-hydrogen) atoms. The summed E-state index contributed by atoms with van der Waals surface area (Å²) in [5, 5.41) is 1.79. The van der Waals surface area contributed by atoms with E-state index in [1.54, 1.807) is 29.6 Å². The first-order valence-electron chi connectivity index (χ1n) is 5.91. The zero-order chi connectivity index (χ0) is 15.1. The lowest BCUT2D eigenvalue weighted by atomic mass is 10.1. The van der Waals surface area contributed by atoms with Gasteiger partial charge in [-0.3, -0.25) is 19.3 Å². The number of fused-ring (bicyclic) bond motifs is 1. The lowest BCUT2D eigenvalue weighted by molar-refractivity contribution is -0.114. The fraction of sp³-hybridized carbons (Fsp3) is 0.0714. The number of nitrogens with zero attached hydrogens (tertiary/aromatic N) is 1. The number of hydrogen-bond acceptors (Lipinski definition) is 4. The van der Waals surface area contributed by atoms with Gasteiger partial charge in [0.1, 0.15) is 0 Å². The van der Waals surface area contributed by atoms with E-state index in [2.05, 4.69) is 31.9 Å². The molecule has 0 saturated carbocycles. The van der Waals surface area contributed by atoms with Crippen molar-refractivity contribution < 1.29 is 14.4 Å². The van der Waals surface area contributed by atoms with Crippen molar-refractivity contribution in [3.63, 3.8) is 0 Å². The Balaban J connectivity index is 1.95. The molecule has 3 rings (SSSR count). The van der Waals surface area contributed by atoms with E-state index in [1.165, 1.54) is 16.2 Å². The molecular weight excluding hydrogens is 422 g/mol. The van der Waals surface area contributed by atoms with Crippen LogP contribution in [-0.4, -0.2) is 24.0 Å². The van der Waals surface area contributed by atoms with Crippen LogP contribution in [0.3, 0.4) is 0 Å². The average molecular weight is 429 g/mol. The molecule has 1 amide bonds. The second-order valence-electron chi connectivity index (χ2n) is 4.40. The van der Waals surface area contributed by atoms with Crippen LogP contribution in [0.15, 0.2) is 38.6 Å². The van der Waals surface area contributed by atoms with Crippen LogP contribution in [0.5, 0.6) is 0 Å². The maximum atomic E-state index is 12.3. The Labute approximate surface area is 141 Å². The van der Waals surface area contributed by atoms with Gasteiger partial charge in [0.25, 0.3) is 11.7 Å². The van der Waals surface area contributed by atoms with Crippen molar-refractivity contribution in [2.75, 3.05) is 11.4 Å². The maximum Gasteiger partial charge on any atom is 0.299 e. The normalized spacial score (nSPS) is 13.7. The standard InChI is InChI=1S/C14H7Br2NO3S/c15-7-1-2-8-10(5-7)17(14(20)12(8)19)6-11(18)13-9(16)3-4-21-13/h1-5H,6H2. The molecule has 0 bridgehead atoms. The van der Waals surface area contributed by atoms with Crippen LogP contribution in [0.2, 0.25) is 0 Å². The number of ketones is 2. The van der Waals surface area contributed by atoms with E-state index in [-0.39, 0.29) is 12.3 Å². The van der Waals surface area contributed by atoms with Crippen molar-refractivity contribution in [2.45, 2.75) is 0 Å². The van der Waals surface area contributed by atoms with Gasteiger partial charge in [-0.05, 0) is 45.6 Å². The summed E-state index contributed by atoms with van der Waals surface area (Å²) in [7, 11) is 0. The number of hydrogen-bond donors (Lipinski definition) is 0. The number of thiophene rings is 1. The number of carbonyl (C=O) groups is 3. The summed E-state index contributed by atoms with van der Waals surface area (Å²) >= 11 is 7.91. The Hall–Kier alpha value is -1.31. The molecule has 0 unspecified atom stereocenters. The molecule has 1 aromatic carbocycles. The molecule has 0 fully saturated rings. The van der Waals surface area contributed by atoms with Gasteiger partial charge in [-0.2, -0.15) is 0 Å². The van der Waals surface area contributed by atoms with E-state index in [1.807, 2.05) is 0 Å². The number of halogens is 2. The number of amides is 1. The van der Waals surface area contributed by atoms with Gasteiger partial charge in [0.15, 0.2) is 5.78 Å². The third-order valence-corrected chi connectivity index (χ3v) is 5.48. The van der Waals surface area contributed by atoms with E-state index >= 15 is 0 Å². The first-order valence-corrected chi connectivity index (χ1v) is 8.37. The van der Waals surface area contributed by atoms with Crippen molar-refractivity contribution in [1.29, 1.82) is 0 Å². The molecule has 2 heterocycles. The molecule has 0 atom stereocenters. The topological polar surface area (TPSA) is 54.5 Å². The molecule has 0 saturated heterocycles. The molecule has 0 aliphatic carbocycles. The smallest absolute Gasteiger partial charge is 0.297 e. The quantitative estimate of drug-likeness (QED) is 0.553. The monoisotopic (exact) mass is 427 g/mol. The summed E-state index contributed by atoms with van der Waals surface area (Å²) in [6, 6.07) is 6.74. The van der Waals surface area contributed by atoms with Gasteiger partial charge in [-0.25, -0.2) is 0 Å². The summed E-state index contributed by atoms with van der Waals surface area (Å²) < 4.78 is 1.45. The van der Waals surface area contributed by atoms with Crippen LogP contribution in [0.1, 0.15) is 20.0 Å². The number of rotatable bonds is 3. The molecule has 1 aliphatic heterocycles. The third kappa shape index (κ3) is 2.49. The minimum absolute atomic E-state index is 0.146. The van der Waals surface area contributed by atoms with Crippen molar-refractivity contribution in [3.8, 4) is 0 Å². The van der Waals surface area contributed by atoms with E-state index < -0.39 is 11.7 Å². The second-order valence-corrected chi connectivity index (χ2v) is 7.09. The van der Waals surface area contributed by atoms with Gasteiger partial charge in [0.2, 0.25) is 0 Å². The van der Waals surface area contributed by atoms with E-state index in [0.29, 0.717) is 20.6 Å². The van der Waals surface area contributed by atoms with Crippen LogP contribution in [0, 0.1) is 0 Å². The minimum Gasteiger partial charge on any atom is -0.297 e. The Kier molecular flexibility index (Phi) is 3.81. The van der Waals surface area contributed by atoms with Gasteiger partial charge in [-0.15, -0.1) is 11.3 Å². The van der Waals surface area contributed by atoms with E-state index in [0.717, 1.165) is 4.47 Å². The first-order chi connectivity index (χ1) is 9.99. The average Bonchev–Trinajstić information content (AvgIpc) is 2.97. The van der Waals surface area contributed by atoms with Gasteiger partial charge in [0.05, 0.1) is 22.7 Å². The highest BCUT2D eigenvalue weighted by atomic mass is 79.9. The fourth-order valence-corrected chi connectivity index (χ4v) is 4.01. The number of benzene rings is 1. The molecule has 106 valence electrons. The summed E-state index contributed by atoms with van der Waals surface area (Å²) in [4.78, 5) is 38.1. The van der Waals surface area contributed by atoms with Crippen LogP contribution < -0.4 is 4.90 Å². The predicted molar refractivity (Wildman–Crippen MR) is 87.2 cm³/mol. The molecule has 1 aliphatic rings. The van der Waals surface area contributed by atoms with Crippen LogP contribution in [0.25, 0.3) is 0 Å². The summed E-state index contributed by atoms with van der Waals surface area (Å²) in [5.41, 5.74) is 0.807. The Bertz CT molecular complexity index is 784. The van der Waals surface area contributed by atoms with Crippen molar-refractivity contribution in [1.82, 2.24) is 0 Å². The fourth-order valence-electron chi connectivity index (χ4n) is 2.13. The summed E-state index contributed by atoms with van der Waals surface area (Å²) in [6.07, 6.45) is 0. The Morgan fingerprint density at radius 2 is 1.95 bits per heavy atom. The van der Waals surface area contributed by atoms with Gasteiger partial charge in [0, 0.05) is 8.95 Å². The Morgan fingerprint density at radius 1 is 1.19 bits per heavy atom. The van der Waals surface area contributed by atoms with E-state index in [9.17, 15) is 14.4 Å². The largest absolute Gasteiger partial charge is 0.299 e. The highest BCUT2D eigenvalue weighted by molar-refractivity contribution is 9.10. The molecule has 1 aromatic heterocycles. The maximum absolute atomic E-state index is 12.3. The summed E-state index contributed by atoms with van der Waals surface area (Å²) in [5.74, 6) is -1.44. The predicted octanol–water partition coefficient (Wildman–Crippen LogP) is 3.69. The van der Waals surface area contributed by atoms with Crippen molar-refractivity contribution >= 4 is 66.4 Å². The molecule has 0 N–H and O–H groups in total. The number of Topliss-reactive ketones (excluding diaryl/α,β-unsaturated/α-hetero) is 2. The SMILES string of the molecule is O=C1C(=O)N(CC(=O)c2sccc2Br)c2cc(Br)ccc21. The molecule has 2 aromatic rings. The highest BCUT2D eigenvalue weighted by Crippen LogP contribution is 2.32. The highest BCUT2D eigenvalue weighted by Gasteiger charge is 2.37. The molecule has 7 heteroatoms. The van der Waals surface area contributed by atoms with Gasteiger partial charge >= 0.3 is 0 Å². The molecule has 0 radical (unpaired) electrons. The van der Waals surface area contributed by atoms with Crippen LogP contribution in [0.4, 0.5) is 5.69 Å². The second kappa shape index (κ2) is 5.47. The third-order valence-electron chi connectivity index (χ3n) is 3.11. The van der Waals surface area contributed by atoms with Gasteiger partial charge in [-0.1, -0.05) is 15.9 Å². The summed E-state index contributed by atoms with van der Waals surface area (Å²) in [6.45, 7) is -0.146. The Morgan fingerprint density at radius 3 is 2.62 bits per heavy atom. The number of anilines is 1. The first kappa shape index (κ1) is 14.6. The molecule has 0 spiro atoms. The zero-order valence-electron chi connectivity index (χ0n) is 10.4. The van der Waals surface area contributed by atoms with Crippen molar-refractivity contribution in [3.05, 3.63) is 49.0 Å². The van der Waals surface area contributed by atoms with Crippen LogP contribution in [-0.2, 0) is 4.79 Å². The lowest BCUT2D eigenvalue weighted by Crippen LogP contribution is -2.34. The lowest BCUT2D eigenvalue weighted by Gasteiger charge is -2.15. The minimum atomic E-state index is -0.663. The van der Waals surface area contributed by atoms with Crippen molar-refractivity contribution in [2.24, 2.45) is 0 Å². The zero-order valence-corrected chi connectivity index (χ0v) is 14.4. The molecule has 4 nitrogen and oxygen atoms in total.